The molecule has 0 aliphatic rings. The number of carboxylic acid groups (broad SMARTS) is 1. The molecule has 0 atom stereocenters. The molecule has 0 heterocycles. The highest BCUT2D eigenvalue weighted by atomic mass is 79.9. The van der Waals surface area contributed by atoms with E-state index < -0.39 is 5.97 Å². The summed E-state index contributed by atoms with van der Waals surface area (Å²) in [5.74, 6) is -1.31. The first kappa shape index (κ1) is 15.5. The van der Waals surface area contributed by atoms with Gasteiger partial charge in [0.05, 0.1) is 5.56 Å². The van der Waals surface area contributed by atoms with E-state index in [0.29, 0.717) is 26.3 Å². The van der Waals surface area contributed by atoms with Crippen LogP contribution in [0.4, 0.5) is 5.69 Å². The van der Waals surface area contributed by atoms with Crippen molar-refractivity contribution in [3.05, 3.63) is 62.6 Å². The van der Waals surface area contributed by atoms with Gasteiger partial charge in [0.25, 0.3) is 5.91 Å². The number of halogens is 2. The summed E-state index contributed by atoms with van der Waals surface area (Å²) in [6, 6.07) is 9.51. The van der Waals surface area contributed by atoms with Gasteiger partial charge < -0.3 is 10.4 Å². The Morgan fingerprint density at radius 3 is 2.48 bits per heavy atom. The molecule has 2 rings (SSSR count). The Bertz CT molecular complexity index is 711. The SMILES string of the molecule is Cc1cc(NC(=O)c2cc(Cl)cc(Br)c2)ccc1C(=O)O. The number of rotatable bonds is 3. The van der Waals surface area contributed by atoms with Gasteiger partial charge in [0.1, 0.15) is 0 Å². The quantitative estimate of drug-likeness (QED) is 0.846. The van der Waals surface area contributed by atoms with E-state index in [1.165, 1.54) is 6.07 Å². The summed E-state index contributed by atoms with van der Waals surface area (Å²) in [6.07, 6.45) is 0. The summed E-state index contributed by atoms with van der Waals surface area (Å²) in [6.45, 7) is 1.68. The lowest BCUT2D eigenvalue weighted by atomic mass is 10.1. The van der Waals surface area contributed by atoms with Crippen molar-refractivity contribution in [1.82, 2.24) is 0 Å². The van der Waals surface area contributed by atoms with Crippen molar-refractivity contribution in [1.29, 1.82) is 0 Å². The van der Waals surface area contributed by atoms with Crippen LogP contribution in [0.2, 0.25) is 5.02 Å². The van der Waals surface area contributed by atoms with E-state index in [0.717, 1.165) is 0 Å². The lowest BCUT2D eigenvalue weighted by Crippen LogP contribution is -2.12. The molecule has 108 valence electrons. The average molecular weight is 369 g/mol. The monoisotopic (exact) mass is 367 g/mol. The Balaban J connectivity index is 2.23. The lowest BCUT2D eigenvalue weighted by molar-refractivity contribution is 0.0696. The van der Waals surface area contributed by atoms with Gasteiger partial charge >= 0.3 is 5.97 Å². The normalized spacial score (nSPS) is 10.2. The van der Waals surface area contributed by atoms with E-state index in [1.54, 1.807) is 37.3 Å². The molecule has 0 bridgehead atoms. The van der Waals surface area contributed by atoms with Crippen LogP contribution in [0.3, 0.4) is 0 Å². The number of anilines is 1. The van der Waals surface area contributed by atoms with E-state index in [4.69, 9.17) is 16.7 Å². The van der Waals surface area contributed by atoms with Gasteiger partial charge in [-0.2, -0.15) is 0 Å². The van der Waals surface area contributed by atoms with Crippen LogP contribution in [0.15, 0.2) is 40.9 Å². The molecule has 2 N–H and O–H groups in total. The van der Waals surface area contributed by atoms with Gasteiger partial charge in [-0.1, -0.05) is 27.5 Å². The van der Waals surface area contributed by atoms with Gasteiger partial charge in [0.2, 0.25) is 0 Å². The van der Waals surface area contributed by atoms with Crippen molar-refractivity contribution < 1.29 is 14.7 Å². The number of carboxylic acids is 1. The second-order valence-corrected chi connectivity index (χ2v) is 5.80. The van der Waals surface area contributed by atoms with Crippen LogP contribution in [-0.2, 0) is 0 Å². The van der Waals surface area contributed by atoms with Gasteiger partial charge in [-0.25, -0.2) is 4.79 Å². The second-order valence-electron chi connectivity index (χ2n) is 4.45. The lowest BCUT2D eigenvalue weighted by Gasteiger charge is -2.08. The Hall–Kier alpha value is -1.85. The molecule has 0 aliphatic heterocycles. The third-order valence-corrected chi connectivity index (χ3v) is 3.52. The summed E-state index contributed by atoms with van der Waals surface area (Å²) in [4.78, 5) is 23.1. The van der Waals surface area contributed by atoms with Gasteiger partial charge in [0.15, 0.2) is 0 Å². The third kappa shape index (κ3) is 3.83. The zero-order chi connectivity index (χ0) is 15.6. The van der Waals surface area contributed by atoms with Crippen LogP contribution in [0.1, 0.15) is 26.3 Å². The molecule has 0 saturated carbocycles. The van der Waals surface area contributed by atoms with E-state index in [-0.39, 0.29) is 11.5 Å². The molecular formula is C15H11BrClNO3. The molecule has 0 radical (unpaired) electrons. The molecule has 0 unspecified atom stereocenters. The largest absolute Gasteiger partial charge is 0.478 e. The molecule has 0 saturated heterocycles. The predicted molar refractivity (Wildman–Crippen MR) is 85.2 cm³/mol. The fourth-order valence-corrected chi connectivity index (χ4v) is 2.73. The summed E-state index contributed by atoms with van der Waals surface area (Å²) in [7, 11) is 0. The summed E-state index contributed by atoms with van der Waals surface area (Å²) >= 11 is 9.18. The van der Waals surface area contributed by atoms with Crippen molar-refractivity contribution in [2.24, 2.45) is 0 Å². The highest BCUT2D eigenvalue weighted by Crippen LogP contribution is 2.21. The number of hydrogen-bond acceptors (Lipinski definition) is 2. The number of nitrogens with one attached hydrogen (secondary N) is 1. The Kier molecular flexibility index (Phi) is 4.65. The Morgan fingerprint density at radius 2 is 1.90 bits per heavy atom. The van der Waals surface area contributed by atoms with Crippen LogP contribution in [-0.4, -0.2) is 17.0 Å². The van der Waals surface area contributed by atoms with Gasteiger partial charge in [-0.3, -0.25) is 4.79 Å². The van der Waals surface area contributed by atoms with Crippen LogP contribution >= 0.6 is 27.5 Å². The van der Waals surface area contributed by atoms with Gasteiger partial charge in [0, 0.05) is 20.7 Å². The maximum absolute atomic E-state index is 12.1. The summed E-state index contributed by atoms with van der Waals surface area (Å²) in [5, 5.41) is 12.1. The number of aryl methyl sites for hydroxylation is 1. The number of carbonyl (C=O) groups is 2. The van der Waals surface area contributed by atoms with Gasteiger partial charge in [-0.05, 0) is 48.9 Å². The van der Waals surface area contributed by atoms with Crippen molar-refractivity contribution >= 4 is 45.1 Å². The first-order valence-corrected chi connectivity index (χ1v) is 7.15. The Labute approximate surface area is 134 Å². The van der Waals surface area contributed by atoms with Crippen LogP contribution in [0.25, 0.3) is 0 Å². The molecule has 0 aromatic heterocycles. The molecule has 0 aliphatic carbocycles. The maximum atomic E-state index is 12.1. The van der Waals surface area contributed by atoms with Crippen LogP contribution in [0, 0.1) is 6.92 Å². The molecular weight excluding hydrogens is 358 g/mol. The Morgan fingerprint density at radius 1 is 1.19 bits per heavy atom. The van der Waals surface area contributed by atoms with Crippen LogP contribution < -0.4 is 5.32 Å². The molecule has 21 heavy (non-hydrogen) atoms. The van der Waals surface area contributed by atoms with Crippen molar-refractivity contribution in [2.75, 3.05) is 5.32 Å². The summed E-state index contributed by atoms with van der Waals surface area (Å²) in [5.41, 5.74) is 1.72. The first-order valence-electron chi connectivity index (χ1n) is 5.98. The average Bonchev–Trinajstić information content (AvgIpc) is 2.37. The van der Waals surface area contributed by atoms with Gasteiger partial charge in [-0.15, -0.1) is 0 Å². The topological polar surface area (TPSA) is 66.4 Å². The van der Waals surface area contributed by atoms with E-state index >= 15 is 0 Å². The molecule has 2 aromatic carbocycles. The fraction of sp³-hybridized carbons (Fsp3) is 0.0667. The van der Waals surface area contributed by atoms with Crippen LogP contribution in [0.5, 0.6) is 0 Å². The van der Waals surface area contributed by atoms with E-state index in [1.807, 2.05) is 0 Å². The number of amides is 1. The van der Waals surface area contributed by atoms with Crippen molar-refractivity contribution in [3.63, 3.8) is 0 Å². The molecule has 1 amide bonds. The molecule has 0 fully saturated rings. The number of hydrogen-bond donors (Lipinski definition) is 2. The first-order chi connectivity index (χ1) is 9.86. The fourth-order valence-electron chi connectivity index (χ4n) is 1.87. The van der Waals surface area contributed by atoms with Crippen molar-refractivity contribution in [2.45, 2.75) is 6.92 Å². The standard InChI is InChI=1S/C15H11BrClNO3/c1-8-4-12(2-3-13(8)15(20)21)18-14(19)9-5-10(16)7-11(17)6-9/h2-7H,1H3,(H,18,19)(H,20,21). The smallest absolute Gasteiger partial charge is 0.335 e. The van der Waals surface area contributed by atoms with E-state index in [2.05, 4.69) is 21.2 Å². The zero-order valence-corrected chi connectivity index (χ0v) is 13.3. The number of carbonyl (C=O) groups excluding carboxylic acids is 1. The third-order valence-electron chi connectivity index (χ3n) is 2.84. The number of aromatic carboxylic acids is 1. The predicted octanol–water partition coefficient (Wildman–Crippen LogP) is 4.36. The summed E-state index contributed by atoms with van der Waals surface area (Å²) < 4.78 is 0.706. The number of benzene rings is 2. The van der Waals surface area contributed by atoms with E-state index in [9.17, 15) is 9.59 Å². The highest BCUT2D eigenvalue weighted by molar-refractivity contribution is 9.10. The minimum absolute atomic E-state index is 0.207. The molecule has 4 nitrogen and oxygen atoms in total. The minimum Gasteiger partial charge on any atom is -0.478 e. The highest BCUT2D eigenvalue weighted by Gasteiger charge is 2.11. The minimum atomic E-state index is -0.996. The van der Waals surface area contributed by atoms with Crippen molar-refractivity contribution in [3.8, 4) is 0 Å². The second kappa shape index (κ2) is 6.28. The maximum Gasteiger partial charge on any atom is 0.335 e. The molecule has 2 aromatic rings. The zero-order valence-electron chi connectivity index (χ0n) is 11.0. The molecule has 0 spiro atoms. The molecule has 6 heteroatoms.